The zero-order valence-corrected chi connectivity index (χ0v) is 14.8. The van der Waals surface area contributed by atoms with Crippen LogP contribution >= 0.6 is 0 Å². The maximum absolute atomic E-state index is 13.0. The largest absolute Gasteiger partial charge is 0.478 e. The summed E-state index contributed by atoms with van der Waals surface area (Å²) in [5, 5.41) is 20.9. The van der Waals surface area contributed by atoms with Crippen molar-refractivity contribution >= 4 is 23.5 Å². The van der Waals surface area contributed by atoms with Crippen molar-refractivity contribution in [1.82, 2.24) is 0 Å². The Balaban J connectivity index is 1.87. The van der Waals surface area contributed by atoms with E-state index >= 15 is 0 Å². The average Bonchev–Trinajstić information content (AvgIpc) is 2.69. The van der Waals surface area contributed by atoms with Gasteiger partial charge in [0.2, 0.25) is 0 Å². The second-order valence-electron chi connectivity index (χ2n) is 5.88. The number of halogens is 1. The predicted octanol–water partition coefficient (Wildman–Crippen LogP) is 4.27. The number of anilines is 1. The molecule has 8 heteroatoms. The van der Waals surface area contributed by atoms with E-state index in [1.54, 1.807) is 24.3 Å². The predicted molar refractivity (Wildman–Crippen MR) is 101 cm³/mol. The van der Waals surface area contributed by atoms with Crippen LogP contribution < -0.4 is 10.1 Å². The molecular formula is C21H14FNO6. The van der Waals surface area contributed by atoms with Crippen molar-refractivity contribution in [3.8, 4) is 11.5 Å². The van der Waals surface area contributed by atoms with E-state index in [2.05, 4.69) is 5.32 Å². The monoisotopic (exact) mass is 395 g/mol. The number of para-hydroxylation sites is 2. The Labute approximate surface area is 164 Å². The average molecular weight is 395 g/mol. The molecule has 0 atom stereocenters. The van der Waals surface area contributed by atoms with Gasteiger partial charge in [0.1, 0.15) is 11.6 Å². The Bertz CT molecular complexity index is 1090. The van der Waals surface area contributed by atoms with Gasteiger partial charge >= 0.3 is 11.9 Å². The minimum atomic E-state index is -1.41. The Morgan fingerprint density at radius 3 is 2.14 bits per heavy atom. The molecule has 3 aromatic carbocycles. The number of rotatable bonds is 6. The Kier molecular flexibility index (Phi) is 5.54. The number of amides is 1. The van der Waals surface area contributed by atoms with Crippen molar-refractivity contribution in [2.45, 2.75) is 0 Å². The molecule has 146 valence electrons. The van der Waals surface area contributed by atoms with E-state index in [1.807, 2.05) is 0 Å². The van der Waals surface area contributed by atoms with Crippen LogP contribution in [0.4, 0.5) is 10.1 Å². The number of carboxylic acid groups (broad SMARTS) is 2. The van der Waals surface area contributed by atoms with E-state index in [-0.39, 0.29) is 22.6 Å². The number of aromatic carboxylic acids is 2. The quantitative estimate of drug-likeness (QED) is 0.575. The second kappa shape index (κ2) is 8.22. The molecule has 0 heterocycles. The summed E-state index contributed by atoms with van der Waals surface area (Å²) in [6.07, 6.45) is 0. The van der Waals surface area contributed by atoms with Gasteiger partial charge < -0.3 is 20.3 Å². The molecule has 0 spiro atoms. The number of ether oxygens (including phenoxy) is 1. The number of carbonyl (C=O) groups excluding carboxylic acids is 1. The van der Waals surface area contributed by atoms with E-state index in [0.29, 0.717) is 5.69 Å². The molecule has 7 nitrogen and oxygen atoms in total. The first kappa shape index (κ1) is 19.6. The van der Waals surface area contributed by atoms with Gasteiger partial charge in [-0.05, 0) is 54.6 Å². The standard InChI is InChI=1S/C21H14FNO6/c22-13-7-5-12(6-8-13)19(24)23-17-3-1-2-4-18(17)29-14-9-10-15(20(25)26)16(11-14)21(27)28/h1-11H,(H,23,24)(H,25,26)(H,27,28). The fourth-order valence-corrected chi connectivity index (χ4v) is 2.53. The molecule has 3 aromatic rings. The van der Waals surface area contributed by atoms with E-state index in [9.17, 15) is 23.9 Å². The SMILES string of the molecule is O=C(Nc1ccccc1Oc1ccc(C(=O)O)c(C(=O)O)c1)c1ccc(F)cc1. The van der Waals surface area contributed by atoms with Crippen molar-refractivity contribution in [3.63, 3.8) is 0 Å². The number of hydrogen-bond donors (Lipinski definition) is 3. The summed E-state index contributed by atoms with van der Waals surface area (Å²) >= 11 is 0. The molecule has 0 fully saturated rings. The van der Waals surface area contributed by atoms with Gasteiger partial charge in [0, 0.05) is 5.56 Å². The molecule has 0 radical (unpaired) electrons. The van der Waals surface area contributed by atoms with Gasteiger partial charge in [-0.15, -0.1) is 0 Å². The summed E-state index contributed by atoms with van der Waals surface area (Å²) in [5.41, 5.74) is -0.272. The highest BCUT2D eigenvalue weighted by Gasteiger charge is 2.18. The second-order valence-corrected chi connectivity index (χ2v) is 5.88. The molecule has 0 saturated carbocycles. The fourth-order valence-electron chi connectivity index (χ4n) is 2.53. The van der Waals surface area contributed by atoms with Crippen LogP contribution in [0.1, 0.15) is 31.1 Å². The van der Waals surface area contributed by atoms with Gasteiger partial charge in [-0.1, -0.05) is 12.1 Å². The number of carbonyl (C=O) groups is 3. The van der Waals surface area contributed by atoms with Gasteiger partial charge in [-0.3, -0.25) is 4.79 Å². The third-order valence-electron chi connectivity index (χ3n) is 3.92. The first-order chi connectivity index (χ1) is 13.8. The molecule has 1 amide bonds. The number of nitrogens with one attached hydrogen (secondary N) is 1. The zero-order valence-electron chi connectivity index (χ0n) is 14.8. The van der Waals surface area contributed by atoms with Crippen LogP contribution in [0, 0.1) is 5.82 Å². The van der Waals surface area contributed by atoms with Crippen molar-refractivity contribution < 1.29 is 33.7 Å². The lowest BCUT2D eigenvalue weighted by Gasteiger charge is -2.13. The fraction of sp³-hybridized carbons (Fsp3) is 0. The lowest BCUT2D eigenvalue weighted by molar-refractivity contribution is 0.0651. The van der Waals surface area contributed by atoms with E-state index < -0.39 is 29.2 Å². The topological polar surface area (TPSA) is 113 Å². The Morgan fingerprint density at radius 2 is 1.48 bits per heavy atom. The highest BCUT2D eigenvalue weighted by Crippen LogP contribution is 2.31. The molecule has 3 rings (SSSR count). The molecule has 29 heavy (non-hydrogen) atoms. The van der Waals surface area contributed by atoms with Crippen LogP contribution in [0.3, 0.4) is 0 Å². The highest BCUT2D eigenvalue weighted by molar-refractivity contribution is 6.05. The minimum Gasteiger partial charge on any atom is -0.478 e. The minimum absolute atomic E-state index is 0.0795. The number of benzene rings is 3. The Hall–Kier alpha value is -4.20. The van der Waals surface area contributed by atoms with Crippen LogP contribution in [0.5, 0.6) is 11.5 Å². The van der Waals surface area contributed by atoms with Crippen LogP contribution in [-0.2, 0) is 0 Å². The number of hydrogen-bond acceptors (Lipinski definition) is 4. The molecule has 3 N–H and O–H groups in total. The van der Waals surface area contributed by atoms with Gasteiger partial charge in [0.05, 0.1) is 16.8 Å². The van der Waals surface area contributed by atoms with Crippen molar-refractivity contribution in [3.05, 3.63) is 89.2 Å². The highest BCUT2D eigenvalue weighted by atomic mass is 19.1. The first-order valence-corrected chi connectivity index (χ1v) is 8.29. The lowest BCUT2D eigenvalue weighted by atomic mass is 10.1. The summed E-state index contributed by atoms with van der Waals surface area (Å²) in [7, 11) is 0. The molecule has 0 unspecified atom stereocenters. The third-order valence-corrected chi connectivity index (χ3v) is 3.92. The first-order valence-electron chi connectivity index (χ1n) is 8.29. The summed E-state index contributed by atoms with van der Waals surface area (Å²) in [6.45, 7) is 0. The van der Waals surface area contributed by atoms with Crippen LogP contribution in [-0.4, -0.2) is 28.1 Å². The van der Waals surface area contributed by atoms with Crippen molar-refractivity contribution in [1.29, 1.82) is 0 Å². The smallest absolute Gasteiger partial charge is 0.336 e. The van der Waals surface area contributed by atoms with Crippen molar-refractivity contribution in [2.24, 2.45) is 0 Å². The molecule has 0 aromatic heterocycles. The van der Waals surface area contributed by atoms with Crippen molar-refractivity contribution in [2.75, 3.05) is 5.32 Å². The van der Waals surface area contributed by atoms with Crippen LogP contribution in [0.15, 0.2) is 66.7 Å². The summed E-state index contributed by atoms with van der Waals surface area (Å²) in [6, 6.07) is 14.9. The lowest BCUT2D eigenvalue weighted by Crippen LogP contribution is -2.12. The third kappa shape index (κ3) is 4.56. The molecule has 0 aliphatic rings. The normalized spacial score (nSPS) is 10.2. The molecule has 0 saturated heterocycles. The molecular weight excluding hydrogens is 381 g/mol. The molecule has 0 aliphatic carbocycles. The maximum Gasteiger partial charge on any atom is 0.336 e. The maximum atomic E-state index is 13.0. The molecule has 0 aliphatic heterocycles. The zero-order chi connectivity index (χ0) is 21.0. The summed E-state index contributed by atoms with van der Waals surface area (Å²) in [5.74, 6) is -3.46. The molecule has 0 bridgehead atoms. The van der Waals surface area contributed by atoms with Gasteiger partial charge in [-0.2, -0.15) is 0 Å². The van der Waals surface area contributed by atoms with Gasteiger partial charge in [-0.25, -0.2) is 14.0 Å². The summed E-state index contributed by atoms with van der Waals surface area (Å²) in [4.78, 5) is 34.8. The van der Waals surface area contributed by atoms with Crippen LogP contribution in [0.2, 0.25) is 0 Å². The Morgan fingerprint density at radius 1 is 0.828 bits per heavy atom. The summed E-state index contributed by atoms with van der Waals surface area (Å²) < 4.78 is 18.7. The van der Waals surface area contributed by atoms with Crippen LogP contribution in [0.25, 0.3) is 0 Å². The van der Waals surface area contributed by atoms with E-state index in [0.717, 1.165) is 24.3 Å². The van der Waals surface area contributed by atoms with Gasteiger partial charge in [0.25, 0.3) is 5.91 Å². The number of carboxylic acids is 2. The van der Waals surface area contributed by atoms with E-state index in [1.165, 1.54) is 18.2 Å². The van der Waals surface area contributed by atoms with E-state index in [4.69, 9.17) is 9.84 Å². The van der Waals surface area contributed by atoms with Gasteiger partial charge in [0.15, 0.2) is 5.75 Å².